The second-order valence-corrected chi connectivity index (χ2v) is 5.95. The van der Waals surface area contributed by atoms with Gasteiger partial charge in [-0.25, -0.2) is 4.98 Å². The predicted molar refractivity (Wildman–Crippen MR) is 76.0 cm³/mol. The monoisotopic (exact) mass is 278 g/mol. The van der Waals surface area contributed by atoms with Gasteiger partial charge in [0, 0.05) is 11.4 Å². The lowest BCUT2D eigenvalue weighted by molar-refractivity contribution is -0.118. The normalized spacial score (nSPS) is 19.1. The lowest BCUT2D eigenvalue weighted by Gasteiger charge is -1.95. The van der Waals surface area contributed by atoms with Gasteiger partial charge in [0.2, 0.25) is 5.91 Å². The molecule has 0 aliphatic carbocycles. The van der Waals surface area contributed by atoms with Crippen LogP contribution in [0.3, 0.4) is 0 Å². The third-order valence-corrected chi connectivity index (χ3v) is 4.78. The number of fused-ring (bicyclic) bond motifs is 1. The first-order valence-corrected chi connectivity index (χ1v) is 7.10. The SMILES string of the molecule is NC(=O)C1CSC(c2nc3ccc(N)cc3s2)=N1. The minimum Gasteiger partial charge on any atom is -0.399 e. The van der Waals surface area contributed by atoms with E-state index in [2.05, 4.69) is 9.98 Å². The molecule has 1 aromatic heterocycles. The van der Waals surface area contributed by atoms with Crippen LogP contribution in [-0.2, 0) is 4.79 Å². The van der Waals surface area contributed by atoms with Crippen molar-refractivity contribution in [2.24, 2.45) is 10.7 Å². The van der Waals surface area contributed by atoms with Crippen molar-refractivity contribution in [3.05, 3.63) is 23.2 Å². The van der Waals surface area contributed by atoms with Crippen LogP contribution in [0.15, 0.2) is 23.2 Å². The number of primary amides is 1. The van der Waals surface area contributed by atoms with Crippen LogP contribution in [0.25, 0.3) is 10.2 Å². The molecular weight excluding hydrogens is 268 g/mol. The largest absolute Gasteiger partial charge is 0.399 e. The van der Waals surface area contributed by atoms with Gasteiger partial charge in [-0.1, -0.05) is 0 Å². The summed E-state index contributed by atoms with van der Waals surface area (Å²) >= 11 is 3.04. The molecule has 1 amide bonds. The fourth-order valence-corrected chi connectivity index (χ4v) is 3.80. The zero-order chi connectivity index (χ0) is 12.7. The Kier molecular flexibility index (Phi) is 2.71. The third kappa shape index (κ3) is 1.95. The van der Waals surface area contributed by atoms with E-state index in [0.29, 0.717) is 11.4 Å². The average Bonchev–Trinajstić information content (AvgIpc) is 2.93. The molecule has 0 radical (unpaired) electrons. The van der Waals surface area contributed by atoms with Crippen molar-refractivity contribution in [3.63, 3.8) is 0 Å². The lowest BCUT2D eigenvalue weighted by Crippen LogP contribution is -2.26. The summed E-state index contributed by atoms with van der Waals surface area (Å²) in [4.78, 5) is 19.8. The predicted octanol–water partition coefficient (Wildman–Crippen LogP) is 1.23. The number of nitrogen functional groups attached to an aromatic ring is 1. The van der Waals surface area contributed by atoms with E-state index in [0.717, 1.165) is 20.3 Å². The lowest BCUT2D eigenvalue weighted by atomic mass is 10.3. The molecule has 5 nitrogen and oxygen atoms in total. The number of hydrogen-bond acceptors (Lipinski definition) is 6. The first kappa shape index (κ1) is 11.5. The number of thioether (sulfide) groups is 1. The Morgan fingerprint density at radius 3 is 3.00 bits per heavy atom. The average molecular weight is 278 g/mol. The summed E-state index contributed by atoms with van der Waals surface area (Å²) in [7, 11) is 0. The maximum atomic E-state index is 11.1. The highest BCUT2D eigenvalue weighted by Gasteiger charge is 2.25. The molecule has 0 fully saturated rings. The smallest absolute Gasteiger partial charge is 0.243 e. The summed E-state index contributed by atoms with van der Waals surface area (Å²) in [5.74, 6) is 0.214. The van der Waals surface area contributed by atoms with Crippen molar-refractivity contribution in [2.75, 3.05) is 11.5 Å². The van der Waals surface area contributed by atoms with E-state index in [1.165, 1.54) is 23.1 Å². The number of aromatic nitrogens is 1. The van der Waals surface area contributed by atoms with Gasteiger partial charge >= 0.3 is 0 Å². The molecule has 1 aliphatic heterocycles. The van der Waals surface area contributed by atoms with Crippen LogP contribution < -0.4 is 11.5 Å². The van der Waals surface area contributed by atoms with Crippen molar-refractivity contribution < 1.29 is 4.79 Å². The van der Waals surface area contributed by atoms with E-state index >= 15 is 0 Å². The van der Waals surface area contributed by atoms with Gasteiger partial charge in [-0.05, 0) is 18.2 Å². The molecule has 0 saturated heterocycles. The van der Waals surface area contributed by atoms with Gasteiger partial charge in [0.25, 0.3) is 0 Å². The molecule has 1 atom stereocenters. The van der Waals surface area contributed by atoms with Crippen molar-refractivity contribution in [1.29, 1.82) is 0 Å². The highest BCUT2D eigenvalue weighted by Crippen LogP contribution is 2.30. The Bertz CT molecular complexity index is 664. The minimum absolute atomic E-state index is 0.386. The number of thiazole rings is 1. The van der Waals surface area contributed by atoms with Crippen LogP contribution >= 0.6 is 23.1 Å². The highest BCUT2D eigenvalue weighted by molar-refractivity contribution is 8.15. The molecule has 18 heavy (non-hydrogen) atoms. The quantitative estimate of drug-likeness (QED) is 0.808. The summed E-state index contributed by atoms with van der Waals surface area (Å²) in [5, 5.41) is 1.61. The van der Waals surface area contributed by atoms with Crippen LogP contribution in [0.5, 0.6) is 0 Å². The number of nitrogens with two attached hydrogens (primary N) is 2. The Morgan fingerprint density at radius 1 is 1.44 bits per heavy atom. The van der Waals surface area contributed by atoms with Crippen LogP contribution in [0.2, 0.25) is 0 Å². The molecular formula is C11H10N4OS2. The van der Waals surface area contributed by atoms with Gasteiger partial charge in [-0.15, -0.1) is 23.1 Å². The molecule has 4 N–H and O–H groups in total. The molecule has 3 rings (SSSR count). The summed E-state index contributed by atoms with van der Waals surface area (Å²) in [6.45, 7) is 0. The van der Waals surface area contributed by atoms with E-state index in [1.54, 1.807) is 0 Å². The summed E-state index contributed by atoms with van der Waals surface area (Å²) < 4.78 is 1.02. The van der Waals surface area contributed by atoms with Gasteiger partial charge in [0.1, 0.15) is 16.1 Å². The maximum Gasteiger partial charge on any atom is 0.243 e. The molecule has 1 aromatic carbocycles. The first-order chi connectivity index (χ1) is 8.63. The second kappa shape index (κ2) is 4.25. The number of rotatable bonds is 2. The van der Waals surface area contributed by atoms with Crippen LogP contribution in [0, 0.1) is 0 Å². The van der Waals surface area contributed by atoms with Crippen LogP contribution in [0.4, 0.5) is 5.69 Å². The second-order valence-electron chi connectivity index (χ2n) is 3.91. The third-order valence-electron chi connectivity index (χ3n) is 2.57. The molecule has 0 spiro atoms. The van der Waals surface area contributed by atoms with Gasteiger partial charge in [0.15, 0.2) is 0 Å². The van der Waals surface area contributed by atoms with E-state index < -0.39 is 6.04 Å². The van der Waals surface area contributed by atoms with E-state index in [9.17, 15) is 4.79 Å². The minimum atomic E-state index is -0.429. The molecule has 2 aromatic rings. The Balaban J connectivity index is 2.00. The zero-order valence-corrected chi connectivity index (χ0v) is 10.9. The van der Waals surface area contributed by atoms with Gasteiger partial charge in [-0.2, -0.15) is 0 Å². The van der Waals surface area contributed by atoms with Crippen molar-refractivity contribution in [3.8, 4) is 0 Å². The van der Waals surface area contributed by atoms with E-state index in [4.69, 9.17) is 11.5 Å². The van der Waals surface area contributed by atoms with Gasteiger partial charge in [0.05, 0.1) is 10.2 Å². The molecule has 1 unspecified atom stereocenters. The molecule has 0 saturated carbocycles. The zero-order valence-electron chi connectivity index (χ0n) is 9.29. The summed E-state index contributed by atoms with van der Waals surface area (Å²) in [6, 6.07) is 5.17. The molecule has 1 aliphatic rings. The number of nitrogens with zero attached hydrogens (tertiary/aromatic N) is 2. The Labute approximate surface area is 111 Å². The Hall–Kier alpha value is -1.60. The first-order valence-electron chi connectivity index (χ1n) is 5.30. The van der Waals surface area contributed by atoms with E-state index in [-0.39, 0.29) is 5.91 Å². The standard InChI is InChI=1S/C11H10N4OS2/c12-5-1-2-6-8(3-5)18-11(14-6)10-15-7(4-17-10)9(13)16/h1-3,7H,4,12H2,(H2,13,16). The van der Waals surface area contributed by atoms with Gasteiger partial charge < -0.3 is 11.5 Å². The number of carbonyl (C=O) groups is 1. The summed E-state index contributed by atoms with van der Waals surface area (Å²) in [5.41, 5.74) is 12.6. The van der Waals surface area contributed by atoms with Gasteiger partial charge in [-0.3, -0.25) is 9.79 Å². The fraction of sp³-hybridized carbons (Fsp3) is 0.182. The molecule has 0 bridgehead atoms. The number of amides is 1. The van der Waals surface area contributed by atoms with Crippen LogP contribution in [-0.4, -0.2) is 27.7 Å². The molecule has 92 valence electrons. The van der Waals surface area contributed by atoms with Crippen LogP contribution in [0.1, 0.15) is 5.01 Å². The number of anilines is 1. The van der Waals surface area contributed by atoms with Crippen molar-refractivity contribution >= 4 is 50.0 Å². The maximum absolute atomic E-state index is 11.1. The van der Waals surface area contributed by atoms with E-state index in [1.807, 2.05) is 18.2 Å². The van der Waals surface area contributed by atoms with Crippen molar-refractivity contribution in [2.45, 2.75) is 6.04 Å². The number of benzene rings is 1. The number of hydrogen-bond donors (Lipinski definition) is 2. The summed E-state index contributed by atoms with van der Waals surface area (Å²) in [6.07, 6.45) is 0. The highest BCUT2D eigenvalue weighted by atomic mass is 32.2. The topological polar surface area (TPSA) is 94.4 Å². The number of carbonyl (C=O) groups excluding carboxylic acids is 1. The molecule has 2 heterocycles. The Morgan fingerprint density at radius 2 is 2.28 bits per heavy atom. The number of aliphatic imine (C=N–C) groups is 1. The fourth-order valence-electron chi connectivity index (χ4n) is 1.67. The molecule has 7 heteroatoms. The van der Waals surface area contributed by atoms with Crippen molar-refractivity contribution in [1.82, 2.24) is 4.98 Å².